The summed E-state index contributed by atoms with van der Waals surface area (Å²) in [5.41, 5.74) is 1.82. The maximum atomic E-state index is 13.0. The average molecular weight is 395 g/mol. The number of likely N-dealkylation sites (N-methyl/N-ethyl adjacent to an activating group) is 1. The third kappa shape index (κ3) is 4.92. The summed E-state index contributed by atoms with van der Waals surface area (Å²) in [5, 5.41) is 0. The molecule has 0 atom stereocenters. The van der Waals surface area contributed by atoms with Gasteiger partial charge in [0, 0.05) is 65.1 Å². The van der Waals surface area contributed by atoms with Crippen molar-refractivity contribution in [3.05, 3.63) is 53.9 Å². The smallest absolute Gasteiger partial charge is 0.272 e. The van der Waals surface area contributed by atoms with Crippen molar-refractivity contribution >= 4 is 11.9 Å². The summed E-state index contributed by atoms with van der Waals surface area (Å²) in [4.78, 5) is 30.9. The van der Waals surface area contributed by atoms with Crippen LogP contribution in [0.25, 0.3) is 0 Å². The lowest BCUT2D eigenvalue weighted by molar-refractivity contribution is 0.0622. The van der Waals surface area contributed by atoms with E-state index in [1.54, 1.807) is 12.3 Å². The van der Waals surface area contributed by atoms with E-state index in [2.05, 4.69) is 55.9 Å². The van der Waals surface area contributed by atoms with Crippen molar-refractivity contribution in [3.63, 3.8) is 0 Å². The van der Waals surface area contributed by atoms with Crippen LogP contribution in [-0.2, 0) is 6.54 Å². The third-order valence-corrected chi connectivity index (χ3v) is 5.87. The number of hydrogen-bond acceptors (Lipinski definition) is 6. The number of carbonyl (C=O) groups excluding carboxylic acids is 1. The minimum atomic E-state index is 0.0141. The molecule has 1 aromatic carbocycles. The molecule has 2 saturated heterocycles. The maximum absolute atomic E-state index is 13.0. The molecule has 0 spiro atoms. The van der Waals surface area contributed by atoms with Gasteiger partial charge in [-0.2, -0.15) is 0 Å². The predicted octanol–water partition coefficient (Wildman–Crippen LogP) is 1.58. The van der Waals surface area contributed by atoms with E-state index in [1.807, 2.05) is 11.0 Å². The van der Waals surface area contributed by atoms with Gasteiger partial charge in [-0.3, -0.25) is 9.69 Å². The van der Waals surface area contributed by atoms with Gasteiger partial charge in [-0.05, 0) is 18.2 Å². The van der Waals surface area contributed by atoms with Gasteiger partial charge in [0.15, 0.2) is 0 Å². The van der Waals surface area contributed by atoms with Crippen LogP contribution < -0.4 is 4.90 Å². The second-order valence-corrected chi connectivity index (χ2v) is 7.72. The summed E-state index contributed by atoms with van der Waals surface area (Å²) in [6.45, 7) is 11.3. The van der Waals surface area contributed by atoms with E-state index in [0.29, 0.717) is 11.6 Å². The minimum absolute atomic E-state index is 0.0141. The van der Waals surface area contributed by atoms with Crippen LogP contribution in [0.1, 0.15) is 23.0 Å². The van der Waals surface area contributed by atoms with Crippen molar-refractivity contribution in [2.75, 3.05) is 63.8 Å². The van der Waals surface area contributed by atoms with Crippen LogP contribution >= 0.6 is 0 Å². The van der Waals surface area contributed by atoms with Crippen LogP contribution in [0.2, 0.25) is 0 Å². The fourth-order valence-electron chi connectivity index (χ4n) is 4.00. The van der Waals surface area contributed by atoms with Crippen molar-refractivity contribution in [3.8, 4) is 0 Å². The monoisotopic (exact) mass is 394 g/mol. The molecular formula is C22H30N6O. The zero-order valence-electron chi connectivity index (χ0n) is 17.2. The van der Waals surface area contributed by atoms with Crippen LogP contribution in [0.15, 0.2) is 42.6 Å². The lowest BCUT2D eigenvalue weighted by Crippen LogP contribution is -2.49. The summed E-state index contributed by atoms with van der Waals surface area (Å²) in [7, 11) is 0. The number of amides is 1. The predicted molar refractivity (Wildman–Crippen MR) is 114 cm³/mol. The van der Waals surface area contributed by atoms with Crippen LogP contribution in [0, 0.1) is 0 Å². The van der Waals surface area contributed by atoms with Crippen molar-refractivity contribution < 1.29 is 4.79 Å². The highest BCUT2D eigenvalue weighted by molar-refractivity contribution is 5.92. The van der Waals surface area contributed by atoms with Crippen molar-refractivity contribution in [1.29, 1.82) is 0 Å². The Morgan fingerprint density at radius 2 is 1.59 bits per heavy atom. The van der Waals surface area contributed by atoms with Gasteiger partial charge in [0.25, 0.3) is 5.91 Å². The number of aromatic nitrogens is 2. The zero-order chi connectivity index (χ0) is 20.1. The topological polar surface area (TPSA) is 55.8 Å². The van der Waals surface area contributed by atoms with Gasteiger partial charge in [-0.15, -0.1) is 0 Å². The summed E-state index contributed by atoms with van der Waals surface area (Å²) >= 11 is 0. The fraction of sp³-hybridized carbons (Fsp3) is 0.500. The van der Waals surface area contributed by atoms with Crippen molar-refractivity contribution in [2.24, 2.45) is 0 Å². The molecule has 29 heavy (non-hydrogen) atoms. The van der Waals surface area contributed by atoms with Crippen LogP contribution in [0.4, 0.5) is 5.95 Å². The largest absolute Gasteiger partial charge is 0.338 e. The normalized spacial score (nSPS) is 18.8. The van der Waals surface area contributed by atoms with E-state index in [0.717, 1.165) is 65.4 Å². The first-order valence-electron chi connectivity index (χ1n) is 10.6. The molecule has 0 N–H and O–H groups in total. The van der Waals surface area contributed by atoms with E-state index < -0.39 is 0 Å². The van der Waals surface area contributed by atoms with Gasteiger partial charge in [0.1, 0.15) is 5.69 Å². The molecule has 2 fully saturated rings. The zero-order valence-corrected chi connectivity index (χ0v) is 17.2. The Bertz CT molecular complexity index is 798. The Labute approximate surface area is 172 Å². The molecule has 2 aliphatic rings. The second kappa shape index (κ2) is 9.33. The Morgan fingerprint density at radius 1 is 0.897 bits per heavy atom. The Kier molecular flexibility index (Phi) is 6.36. The summed E-state index contributed by atoms with van der Waals surface area (Å²) < 4.78 is 0. The number of hydrogen-bond donors (Lipinski definition) is 0. The number of anilines is 1. The lowest BCUT2D eigenvalue weighted by Gasteiger charge is -2.35. The van der Waals surface area contributed by atoms with Crippen LogP contribution in [0.5, 0.6) is 0 Å². The SMILES string of the molecule is CCN1CCN(c2nccc(C(=O)N3CCN(Cc4ccccc4)CC3)n2)CC1. The van der Waals surface area contributed by atoms with Gasteiger partial charge >= 0.3 is 0 Å². The van der Waals surface area contributed by atoms with Gasteiger partial charge in [0.2, 0.25) is 5.95 Å². The Morgan fingerprint density at radius 3 is 2.28 bits per heavy atom. The molecule has 1 amide bonds. The Balaban J connectivity index is 1.33. The molecule has 4 rings (SSSR count). The lowest BCUT2D eigenvalue weighted by atomic mass is 10.2. The highest BCUT2D eigenvalue weighted by Gasteiger charge is 2.24. The fourth-order valence-corrected chi connectivity index (χ4v) is 4.00. The quantitative estimate of drug-likeness (QED) is 0.768. The molecule has 7 heteroatoms. The highest BCUT2D eigenvalue weighted by Crippen LogP contribution is 2.14. The standard InChI is InChI=1S/C22H30N6O/c1-2-25-10-16-28(17-11-25)22-23-9-8-20(24-22)21(29)27-14-12-26(13-15-27)18-19-6-4-3-5-7-19/h3-9H,2,10-18H2,1H3. The number of rotatable bonds is 5. The first-order chi connectivity index (χ1) is 14.2. The average Bonchev–Trinajstić information content (AvgIpc) is 2.80. The van der Waals surface area contributed by atoms with Crippen LogP contribution in [-0.4, -0.2) is 89.5 Å². The van der Waals surface area contributed by atoms with Gasteiger partial charge in [-0.1, -0.05) is 37.3 Å². The second-order valence-electron chi connectivity index (χ2n) is 7.72. The van der Waals surface area contributed by atoms with E-state index in [-0.39, 0.29) is 5.91 Å². The minimum Gasteiger partial charge on any atom is -0.338 e. The van der Waals surface area contributed by atoms with E-state index in [9.17, 15) is 4.79 Å². The van der Waals surface area contributed by atoms with E-state index >= 15 is 0 Å². The van der Waals surface area contributed by atoms with Gasteiger partial charge in [-0.25, -0.2) is 9.97 Å². The number of benzene rings is 1. The molecule has 0 unspecified atom stereocenters. The van der Waals surface area contributed by atoms with E-state index in [4.69, 9.17) is 0 Å². The molecule has 3 heterocycles. The van der Waals surface area contributed by atoms with Gasteiger partial charge < -0.3 is 14.7 Å². The molecule has 0 radical (unpaired) electrons. The maximum Gasteiger partial charge on any atom is 0.272 e. The molecule has 7 nitrogen and oxygen atoms in total. The third-order valence-electron chi connectivity index (χ3n) is 5.87. The molecule has 0 aliphatic carbocycles. The van der Waals surface area contributed by atoms with Crippen molar-refractivity contribution in [2.45, 2.75) is 13.5 Å². The molecule has 1 aromatic heterocycles. The summed E-state index contributed by atoms with van der Waals surface area (Å²) in [6, 6.07) is 12.2. The molecule has 154 valence electrons. The van der Waals surface area contributed by atoms with Gasteiger partial charge in [0.05, 0.1) is 0 Å². The molecule has 0 bridgehead atoms. The van der Waals surface area contributed by atoms with Crippen LogP contribution in [0.3, 0.4) is 0 Å². The first kappa shape index (κ1) is 19.8. The molecule has 2 aliphatic heterocycles. The molecular weight excluding hydrogens is 364 g/mol. The number of piperazine rings is 2. The summed E-state index contributed by atoms with van der Waals surface area (Å²) in [5.74, 6) is 0.689. The number of nitrogens with zero attached hydrogens (tertiary/aromatic N) is 6. The first-order valence-corrected chi connectivity index (χ1v) is 10.6. The highest BCUT2D eigenvalue weighted by atomic mass is 16.2. The summed E-state index contributed by atoms with van der Waals surface area (Å²) in [6.07, 6.45) is 1.72. The van der Waals surface area contributed by atoms with E-state index in [1.165, 1.54) is 5.56 Å². The number of carbonyl (C=O) groups is 1. The molecule has 2 aromatic rings. The van der Waals surface area contributed by atoms with Crippen molar-refractivity contribution in [1.82, 2.24) is 24.7 Å². The molecule has 0 saturated carbocycles. The Hall–Kier alpha value is -2.51.